The summed E-state index contributed by atoms with van der Waals surface area (Å²) in [5.41, 5.74) is 2.08. The van der Waals surface area contributed by atoms with E-state index in [1.807, 2.05) is 25.1 Å². The first-order valence-corrected chi connectivity index (χ1v) is 8.93. The highest BCUT2D eigenvalue weighted by Gasteiger charge is 2.31. The first-order valence-electron chi connectivity index (χ1n) is 7.95. The van der Waals surface area contributed by atoms with Crippen LogP contribution in [0.4, 0.5) is 18.9 Å². The van der Waals surface area contributed by atoms with Crippen molar-refractivity contribution in [2.24, 2.45) is 0 Å². The van der Waals surface area contributed by atoms with Crippen LogP contribution in [0.3, 0.4) is 0 Å². The third-order valence-corrected chi connectivity index (χ3v) is 4.43. The lowest BCUT2D eigenvalue weighted by molar-refractivity contribution is -0.274. The molecule has 0 unspecified atom stereocenters. The van der Waals surface area contributed by atoms with Gasteiger partial charge in [-0.2, -0.15) is 4.68 Å². The maximum Gasteiger partial charge on any atom is 0.573 e. The Morgan fingerprint density at radius 3 is 2.57 bits per heavy atom. The van der Waals surface area contributed by atoms with Gasteiger partial charge >= 0.3 is 6.36 Å². The average Bonchev–Trinajstić information content (AvgIpc) is 3.10. The van der Waals surface area contributed by atoms with Gasteiger partial charge in [-0.15, -0.1) is 18.3 Å². The number of carbonyl (C=O) groups excluding carboxylic acids is 1. The van der Waals surface area contributed by atoms with Gasteiger partial charge in [0.15, 0.2) is 0 Å². The van der Waals surface area contributed by atoms with Crippen LogP contribution in [-0.2, 0) is 4.79 Å². The van der Waals surface area contributed by atoms with Crippen LogP contribution >= 0.6 is 11.8 Å². The summed E-state index contributed by atoms with van der Waals surface area (Å²) in [5.74, 6) is -0.525. The number of aromatic nitrogens is 4. The lowest BCUT2D eigenvalue weighted by Crippen LogP contribution is -2.17. The first-order chi connectivity index (χ1) is 13.3. The van der Waals surface area contributed by atoms with Crippen molar-refractivity contribution in [2.75, 3.05) is 11.1 Å². The Hall–Kier alpha value is -3.08. The van der Waals surface area contributed by atoms with Crippen LogP contribution in [0.5, 0.6) is 5.75 Å². The molecule has 1 aromatic heterocycles. The Bertz CT molecular complexity index is 960. The number of ether oxygens (including phenoxy) is 1. The van der Waals surface area contributed by atoms with Gasteiger partial charge in [-0.3, -0.25) is 4.79 Å². The molecule has 0 aliphatic heterocycles. The molecule has 0 fully saturated rings. The molecule has 0 saturated heterocycles. The smallest absolute Gasteiger partial charge is 0.406 e. The molecule has 3 aromatic rings. The van der Waals surface area contributed by atoms with E-state index in [0.717, 1.165) is 29.5 Å². The molecular formula is C17H14F3N5O2S. The number of hydrogen-bond acceptors (Lipinski definition) is 6. The SMILES string of the molecule is Cc1ccccc1NC(=O)CSc1nnnn1-c1ccc(OC(F)(F)F)cc1. The minimum atomic E-state index is -4.76. The molecule has 0 atom stereocenters. The van der Waals surface area contributed by atoms with Crippen molar-refractivity contribution in [3.8, 4) is 11.4 Å². The molecule has 0 spiro atoms. The average molecular weight is 409 g/mol. The summed E-state index contributed by atoms with van der Waals surface area (Å²) in [4.78, 5) is 12.2. The molecule has 1 amide bonds. The van der Waals surface area contributed by atoms with Gasteiger partial charge in [-0.05, 0) is 53.2 Å². The van der Waals surface area contributed by atoms with Crippen LogP contribution in [0, 0.1) is 6.92 Å². The zero-order valence-corrected chi connectivity index (χ0v) is 15.3. The van der Waals surface area contributed by atoms with E-state index in [4.69, 9.17) is 0 Å². The van der Waals surface area contributed by atoms with Gasteiger partial charge in [0.1, 0.15) is 5.75 Å². The van der Waals surface area contributed by atoms with Crippen molar-refractivity contribution in [1.29, 1.82) is 0 Å². The number of thioether (sulfide) groups is 1. The number of amides is 1. The predicted molar refractivity (Wildman–Crippen MR) is 96.4 cm³/mol. The van der Waals surface area contributed by atoms with Crippen molar-refractivity contribution in [2.45, 2.75) is 18.4 Å². The van der Waals surface area contributed by atoms with Crippen LogP contribution in [0.15, 0.2) is 53.7 Å². The molecule has 0 aliphatic rings. The maximum atomic E-state index is 12.2. The predicted octanol–water partition coefficient (Wildman–Crippen LogP) is 3.60. The van der Waals surface area contributed by atoms with E-state index >= 15 is 0 Å². The third-order valence-electron chi connectivity index (χ3n) is 3.51. The van der Waals surface area contributed by atoms with Crippen molar-refractivity contribution in [3.05, 3.63) is 54.1 Å². The molecule has 146 valence electrons. The fraction of sp³-hybridized carbons (Fsp3) is 0.176. The number of anilines is 1. The summed E-state index contributed by atoms with van der Waals surface area (Å²) in [6.45, 7) is 1.88. The van der Waals surface area contributed by atoms with Crippen LogP contribution in [0.25, 0.3) is 5.69 Å². The number of para-hydroxylation sites is 1. The zero-order chi connectivity index (χ0) is 20.1. The topological polar surface area (TPSA) is 81.9 Å². The molecule has 0 bridgehead atoms. The Balaban J connectivity index is 1.64. The van der Waals surface area contributed by atoms with E-state index in [-0.39, 0.29) is 17.4 Å². The highest BCUT2D eigenvalue weighted by Crippen LogP contribution is 2.25. The molecule has 3 rings (SSSR count). The number of carbonyl (C=O) groups is 1. The van der Waals surface area contributed by atoms with Crippen LogP contribution in [0.1, 0.15) is 5.56 Å². The number of rotatable bonds is 6. The molecule has 1 heterocycles. The van der Waals surface area contributed by atoms with E-state index in [1.165, 1.54) is 16.8 Å². The summed E-state index contributed by atoms with van der Waals surface area (Å²) >= 11 is 1.10. The largest absolute Gasteiger partial charge is 0.573 e. The number of halogens is 3. The van der Waals surface area contributed by atoms with Gasteiger partial charge < -0.3 is 10.1 Å². The van der Waals surface area contributed by atoms with E-state index in [2.05, 4.69) is 25.6 Å². The van der Waals surface area contributed by atoms with E-state index in [0.29, 0.717) is 16.5 Å². The van der Waals surface area contributed by atoms with E-state index in [9.17, 15) is 18.0 Å². The van der Waals surface area contributed by atoms with E-state index in [1.54, 1.807) is 6.07 Å². The number of nitrogens with zero attached hydrogens (tertiary/aromatic N) is 4. The quantitative estimate of drug-likeness (QED) is 0.627. The van der Waals surface area contributed by atoms with Gasteiger partial charge in [0.25, 0.3) is 0 Å². The third kappa shape index (κ3) is 5.22. The minimum Gasteiger partial charge on any atom is -0.406 e. The summed E-state index contributed by atoms with van der Waals surface area (Å²) in [5, 5.41) is 14.3. The summed E-state index contributed by atoms with van der Waals surface area (Å²) in [6.07, 6.45) is -4.76. The Morgan fingerprint density at radius 1 is 1.18 bits per heavy atom. The maximum absolute atomic E-state index is 12.2. The van der Waals surface area contributed by atoms with Gasteiger partial charge in [0.2, 0.25) is 11.1 Å². The normalized spacial score (nSPS) is 11.3. The second kappa shape index (κ2) is 8.30. The van der Waals surface area contributed by atoms with Crippen LogP contribution in [-0.4, -0.2) is 38.2 Å². The lowest BCUT2D eigenvalue weighted by atomic mass is 10.2. The van der Waals surface area contributed by atoms with Gasteiger partial charge in [-0.1, -0.05) is 30.0 Å². The summed E-state index contributed by atoms with van der Waals surface area (Å²) in [7, 11) is 0. The van der Waals surface area contributed by atoms with Gasteiger partial charge in [0, 0.05) is 5.69 Å². The second-order valence-electron chi connectivity index (χ2n) is 5.57. The zero-order valence-electron chi connectivity index (χ0n) is 14.5. The summed E-state index contributed by atoms with van der Waals surface area (Å²) in [6, 6.07) is 12.5. The first kappa shape index (κ1) is 19.7. The fourth-order valence-corrected chi connectivity index (χ4v) is 2.94. The number of aryl methyl sites for hydroxylation is 1. The van der Waals surface area contributed by atoms with Gasteiger partial charge in [-0.25, -0.2) is 0 Å². The van der Waals surface area contributed by atoms with Crippen molar-refractivity contribution in [1.82, 2.24) is 20.2 Å². The molecule has 7 nitrogen and oxygen atoms in total. The Morgan fingerprint density at radius 2 is 1.89 bits per heavy atom. The van der Waals surface area contributed by atoms with Crippen LogP contribution < -0.4 is 10.1 Å². The number of hydrogen-bond donors (Lipinski definition) is 1. The number of nitrogens with one attached hydrogen (secondary N) is 1. The molecule has 1 N–H and O–H groups in total. The Kier molecular flexibility index (Phi) is 5.83. The fourth-order valence-electron chi connectivity index (χ4n) is 2.25. The van der Waals surface area contributed by atoms with Gasteiger partial charge in [0.05, 0.1) is 11.4 Å². The monoisotopic (exact) mass is 409 g/mol. The Labute approximate surface area is 161 Å². The van der Waals surface area contributed by atoms with Crippen molar-refractivity contribution < 1.29 is 22.7 Å². The highest BCUT2D eigenvalue weighted by atomic mass is 32.2. The molecule has 28 heavy (non-hydrogen) atoms. The van der Waals surface area contributed by atoms with Crippen molar-refractivity contribution >= 4 is 23.4 Å². The molecule has 0 aliphatic carbocycles. The number of benzene rings is 2. The second-order valence-corrected chi connectivity index (χ2v) is 6.51. The molecule has 0 radical (unpaired) electrons. The highest BCUT2D eigenvalue weighted by molar-refractivity contribution is 7.99. The lowest BCUT2D eigenvalue weighted by Gasteiger charge is -2.10. The molecule has 11 heteroatoms. The minimum absolute atomic E-state index is 0.0595. The van der Waals surface area contributed by atoms with Crippen molar-refractivity contribution in [3.63, 3.8) is 0 Å². The summed E-state index contributed by atoms with van der Waals surface area (Å²) < 4.78 is 41.9. The van der Waals surface area contributed by atoms with E-state index < -0.39 is 6.36 Å². The standard InChI is InChI=1S/C17H14F3N5O2S/c1-11-4-2-3-5-14(11)21-15(26)10-28-16-22-23-24-25(16)12-6-8-13(9-7-12)27-17(18,19)20/h2-9H,10H2,1H3,(H,21,26). The van der Waals surface area contributed by atoms with Crippen LogP contribution in [0.2, 0.25) is 0 Å². The number of tetrazole rings is 1. The molecule has 2 aromatic carbocycles. The number of alkyl halides is 3. The molecule has 0 saturated carbocycles. The molecular weight excluding hydrogens is 395 g/mol.